The third-order valence-corrected chi connectivity index (χ3v) is 3.39. The Labute approximate surface area is 122 Å². The zero-order valence-electron chi connectivity index (χ0n) is 11.5. The highest BCUT2D eigenvalue weighted by Gasteiger charge is 2.15. The summed E-state index contributed by atoms with van der Waals surface area (Å²) in [5.74, 6) is -1.62. The summed E-state index contributed by atoms with van der Waals surface area (Å²) in [6, 6.07) is 2.85. The van der Waals surface area contributed by atoms with E-state index in [4.69, 9.17) is 14.6 Å². The van der Waals surface area contributed by atoms with Crippen molar-refractivity contribution in [2.24, 2.45) is 5.14 Å². The molecule has 1 amide bonds. The Morgan fingerprint density at radius 1 is 1.33 bits per heavy atom. The molecule has 21 heavy (non-hydrogen) atoms. The lowest BCUT2D eigenvalue weighted by atomic mass is 10.2. The third-order valence-electron chi connectivity index (χ3n) is 2.48. The fourth-order valence-electron chi connectivity index (χ4n) is 1.43. The van der Waals surface area contributed by atoms with Crippen molar-refractivity contribution in [3.8, 4) is 0 Å². The Bertz CT molecular complexity index is 591. The number of amides is 1. The van der Waals surface area contributed by atoms with E-state index in [9.17, 15) is 17.6 Å². The number of primary sulfonamides is 1. The first kappa shape index (κ1) is 17.5. The smallest absolute Gasteiger partial charge is 0.254 e. The van der Waals surface area contributed by atoms with E-state index < -0.39 is 21.7 Å². The molecule has 1 aromatic rings. The number of halogens is 1. The quantitative estimate of drug-likeness (QED) is 0.649. The molecule has 0 aliphatic carbocycles. The molecule has 0 aromatic heterocycles. The molecule has 1 aromatic carbocycles. The maximum Gasteiger partial charge on any atom is 0.254 e. The van der Waals surface area contributed by atoms with Crippen LogP contribution in [0.3, 0.4) is 0 Å². The summed E-state index contributed by atoms with van der Waals surface area (Å²) in [5, 5.41) is 7.32. The minimum Gasteiger partial charge on any atom is -0.382 e. The van der Waals surface area contributed by atoms with E-state index in [1.54, 1.807) is 7.11 Å². The van der Waals surface area contributed by atoms with Gasteiger partial charge in [0.2, 0.25) is 10.0 Å². The third kappa shape index (κ3) is 5.76. The molecule has 1 rings (SSSR count). The second-order valence-electron chi connectivity index (χ2n) is 4.05. The predicted octanol–water partition coefficient (Wildman–Crippen LogP) is -0.134. The van der Waals surface area contributed by atoms with E-state index >= 15 is 0 Å². The van der Waals surface area contributed by atoms with Crippen molar-refractivity contribution >= 4 is 15.9 Å². The number of rotatable bonds is 8. The molecule has 0 unspecified atom stereocenters. The number of methoxy groups -OCH3 is 1. The molecule has 118 valence electrons. The summed E-state index contributed by atoms with van der Waals surface area (Å²) in [7, 11) is -2.46. The predicted molar refractivity (Wildman–Crippen MR) is 72.8 cm³/mol. The Kier molecular flexibility index (Phi) is 6.69. The molecule has 0 aliphatic heterocycles. The molecule has 0 fully saturated rings. The zero-order valence-corrected chi connectivity index (χ0v) is 12.3. The Hall–Kier alpha value is -1.55. The van der Waals surface area contributed by atoms with Gasteiger partial charge in [0.15, 0.2) is 0 Å². The molecule has 0 radical (unpaired) electrons. The van der Waals surface area contributed by atoms with Crippen LogP contribution in [0.5, 0.6) is 0 Å². The number of hydrogen-bond acceptors (Lipinski definition) is 5. The lowest BCUT2D eigenvalue weighted by Gasteiger charge is -2.07. The van der Waals surface area contributed by atoms with Crippen LogP contribution < -0.4 is 10.5 Å². The highest BCUT2D eigenvalue weighted by molar-refractivity contribution is 7.89. The SMILES string of the molecule is COCCOCCNC(=O)c1ccc(S(N)(=O)=O)cc1F. The average Bonchev–Trinajstić information content (AvgIpc) is 2.41. The standard InChI is InChI=1S/C12H17FN2O5S/c1-19-6-7-20-5-4-15-12(16)10-3-2-9(8-11(10)13)21(14,17)18/h2-3,8H,4-7H2,1H3,(H,15,16)(H2,14,17,18). The number of nitrogens with two attached hydrogens (primary N) is 1. The van der Waals surface area contributed by atoms with Crippen molar-refractivity contribution < 1.29 is 27.1 Å². The van der Waals surface area contributed by atoms with Crippen LogP contribution >= 0.6 is 0 Å². The number of benzene rings is 1. The van der Waals surface area contributed by atoms with E-state index in [0.29, 0.717) is 19.3 Å². The lowest BCUT2D eigenvalue weighted by molar-refractivity contribution is 0.0692. The molecule has 0 heterocycles. The zero-order chi connectivity index (χ0) is 15.9. The van der Waals surface area contributed by atoms with Crippen molar-refractivity contribution in [1.29, 1.82) is 0 Å². The highest BCUT2D eigenvalue weighted by Crippen LogP contribution is 2.13. The fraction of sp³-hybridized carbons (Fsp3) is 0.417. The number of nitrogens with one attached hydrogen (secondary N) is 1. The van der Waals surface area contributed by atoms with Gasteiger partial charge in [-0.25, -0.2) is 17.9 Å². The maximum absolute atomic E-state index is 13.7. The summed E-state index contributed by atoms with van der Waals surface area (Å²) in [5.41, 5.74) is -0.265. The van der Waals surface area contributed by atoms with Crippen LogP contribution in [-0.4, -0.2) is 47.8 Å². The fourth-order valence-corrected chi connectivity index (χ4v) is 1.96. The first-order valence-electron chi connectivity index (χ1n) is 6.03. The van der Waals surface area contributed by atoms with Crippen molar-refractivity contribution in [3.05, 3.63) is 29.6 Å². The summed E-state index contributed by atoms with van der Waals surface area (Å²) in [4.78, 5) is 11.3. The minimum atomic E-state index is -4.00. The molecular weight excluding hydrogens is 303 g/mol. The van der Waals surface area contributed by atoms with Gasteiger partial charge in [0.1, 0.15) is 5.82 Å². The van der Waals surface area contributed by atoms with Gasteiger partial charge in [-0.1, -0.05) is 0 Å². The van der Waals surface area contributed by atoms with Crippen molar-refractivity contribution in [2.75, 3.05) is 33.5 Å². The molecule has 0 bridgehead atoms. The van der Waals surface area contributed by atoms with Gasteiger partial charge in [0.25, 0.3) is 5.91 Å². The molecule has 7 nitrogen and oxygen atoms in total. The van der Waals surface area contributed by atoms with Gasteiger partial charge in [-0.15, -0.1) is 0 Å². The number of carbonyl (C=O) groups excluding carboxylic acids is 1. The second kappa shape index (κ2) is 8.03. The largest absolute Gasteiger partial charge is 0.382 e. The summed E-state index contributed by atoms with van der Waals surface area (Å²) >= 11 is 0. The first-order chi connectivity index (χ1) is 9.86. The van der Waals surface area contributed by atoms with Crippen molar-refractivity contribution in [1.82, 2.24) is 5.32 Å². The van der Waals surface area contributed by atoms with Gasteiger partial charge in [-0.3, -0.25) is 4.79 Å². The maximum atomic E-state index is 13.7. The Morgan fingerprint density at radius 3 is 2.62 bits per heavy atom. The van der Waals surface area contributed by atoms with E-state index in [1.807, 2.05) is 0 Å². The highest BCUT2D eigenvalue weighted by atomic mass is 32.2. The molecule has 0 spiro atoms. The van der Waals surface area contributed by atoms with Gasteiger partial charge >= 0.3 is 0 Å². The number of hydrogen-bond donors (Lipinski definition) is 2. The molecule has 0 saturated carbocycles. The van der Waals surface area contributed by atoms with E-state index in [2.05, 4.69) is 5.32 Å². The lowest BCUT2D eigenvalue weighted by Crippen LogP contribution is -2.28. The van der Waals surface area contributed by atoms with Crippen molar-refractivity contribution in [3.63, 3.8) is 0 Å². The first-order valence-corrected chi connectivity index (χ1v) is 7.58. The van der Waals surface area contributed by atoms with Crippen LogP contribution in [0.2, 0.25) is 0 Å². The van der Waals surface area contributed by atoms with E-state index in [1.165, 1.54) is 0 Å². The molecule has 0 saturated heterocycles. The van der Waals surface area contributed by atoms with Crippen LogP contribution in [0.4, 0.5) is 4.39 Å². The molecule has 9 heteroatoms. The van der Waals surface area contributed by atoms with Gasteiger partial charge in [0, 0.05) is 13.7 Å². The number of carbonyl (C=O) groups is 1. The van der Waals surface area contributed by atoms with Crippen LogP contribution in [0.15, 0.2) is 23.1 Å². The molecule has 3 N–H and O–H groups in total. The van der Waals surface area contributed by atoms with Crippen LogP contribution in [0.1, 0.15) is 10.4 Å². The van der Waals surface area contributed by atoms with E-state index in [0.717, 1.165) is 12.1 Å². The normalized spacial score (nSPS) is 11.4. The summed E-state index contributed by atoms with van der Waals surface area (Å²) < 4.78 is 45.7. The molecule has 0 aliphatic rings. The average molecular weight is 320 g/mol. The van der Waals surface area contributed by atoms with E-state index in [-0.39, 0.29) is 23.6 Å². The van der Waals surface area contributed by atoms with Crippen LogP contribution in [0.25, 0.3) is 0 Å². The van der Waals surface area contributed by atoms with Crippen LogP contribution in [-0.2, 0) is 19.5 Å². The Morgan fingerprint density at radius 2 is 2.05 bits per heavy atom. The van der Waals surface area contributed by atoms with Crippen LogP contribution in [0, 0.1) is 5.82 Å². The monoisotopic (exact) mass is 320 g/mol. The van der Waals surface area contributed by atoms with Gasteiger partial charge < -0.3 is 14.8 Å². The Balaban J connectivity index is 2.55. The molecular formula is C12H17FN2O5S. The van der Waals surface area contributed by atoms with Gasteiger partial charge in [-0.2, -0.15) is 0 Å². The number of sulfonamides is 1. The van der Waals surface area contributed by atoms with Gasteiger partial charge in [-0.05, 0) is 18.2 Å². The van der Waals surface area contributed by atoms with Gasteiger partial charge in [0.05, 0.1) is 30.3 Å². The summed E-state index contributed by atoms with van der Waals surface area (Å²) in [6.07, 6.45) is 0. The summed E-state index contributed by atoms with van der Waals surface area (Å²) in [6.45, 7) is 1.28. The minimum absolute atomic E-state index is 0.193. The number of ether oxygens (including phenoxy) is 2. The topological polar surface area (TPSA) is 108 Å². The second-order valence-corrected chi connectivity index (χ2v) is 5.61. The van der Waals surface area contributed by atoms with Crippen molar-refractivity contribution in [2.45, 2.75) is 4.90 Å². The molecule has 0 atom stereocenters.